The van der Waals surface area contributed by atoms with Gasteiger partial charge in [0.1, 0.15) is 5.75 Å². The summed E-state index contributed by atoms with van der Waals surface area (Å²) in [5.74, 6) is -0.907. The number of nitrogens with one attached hydrogen (secondary N) is 1. The van der Waals surface area contributed by atoms with E-state index in [9.17, 15) is 17.9 Å². The van der Waals surface area contributed by atoms with Crippen LogP contribution in [0.1, 0.15) is 5.56 Å². The Balaban J connectivity index is 2.40. The predicted molar refractivity (Wildman–Crippen MR) is 67.8 cm³/mol. The molecule has 0 aliphatic carbocycles. The standard InChI is InChI=1S/C12H11FN2O3S/c1-8-7-9(16)4-5-11(8)15-19(17,18)12-10(13)3-2-6-14-12/h2-7,15-16H,1H3. The van der Waals surface area contributed by atoms with Crippen molar-refractivity contribution in [1.82, 2.24) is 4.98 Å². The Kier molecular flexibility index (Phi) is 3.39. The van der Waals surface area contributed by atoms with Crippen molar-refractivity contribution in [2.24, 2.45) is 0 Å². The largest absolute Gasteiger partial charge is 0.508 e. The van der Waals surface area contributed by atoms with Crippen LogP contribution in [0.2, 0.25) is 0 Å². The van der Waals surface area contributed by atoms with Gasteiger partial charge in [-0.1, -0.05) is 0 Å². The molecule has 0 fully saturated rings. The van der Waals surface area contributed by atoms with Gasteiger partial charge in [-0.25, -0.2) is 9.37 Å². The molecule has 0 atom stereocenters. The molecule has 100 valence electrons. The van der Waals surface area contributed by atoms with Gasteiger partial charge in [0, 0.05) is 6.20 Å². The van der Waals surface area contributed by atoms with Gasteiger partial charge in [-0.2, -0.15) is 8.42 Å². The van der Waals surface area contributed by atoms with Crippen LogP contribution in [0, 0.1) is 12.7 Å². The molecule has 0 amide bonds. The van der Waals surface area contributed by atoms with Gasteiger partial charge in [0.2, 0.25) is 5.03 Å². The van der Waals surface area contributed by atoms with Crippen LogP contribution in [0.4, 0.5) is 10.1 Å². The number of phenolic OH excluding ortho intramolecular Hbond substituents is 1. The van der Waals surface area contributed by atoms with E-state index in [-0.39, 0.29) is 11.4 Å². The number of nitrogens with zero attached hydrogens (tertiary/aromatic N) is 1. The molecule has 0 unspecified atom stereocenters. The lowest BCUT2D eigenvalue weighted by Gasteiger charge is -2.10. The van der Waals surface area contributed by atoms with Crippen LogP contribution in [-0.4, -0.2) is 18.5 Å². The zero-order valence-corrected chi connectivity index (χ0v) is 10.8. The molecule has 0 radical (unpaired) electrons. The highest BCUT2D eigenvalue weighted by Crippen LogP contribution is 2.23. The molecule has 0 saturated carbocycles. The summed E-state index contributed by atoms with van der Waals surface area (Å²) in [6, 6.07) is 6.45. The minimum Gasteiger partial charge on any atom is -0.508 e. The average Bonchev–Trinajstić information content (AvgIpc) is 2.33. The van der Waals surface area contributed by atoms with Crippen LogP contribution in [0.15, 0.2) is 41.6 Å². The summed E-state index contributed by atoms with van der Waals surface area (Å²) in [4.78, 5) is 3.52. The Labute approximate surface area is 109 Å². The fourth-order valence-corrected chi connectivity index (χ4v) is 2.66. The van der Waals surface area contributed by atoms with E-state index in [2.05, 4.69) is 9.71 Å². The maximum atomic E-state index is 13.4. The van der Waals surface area contributed by atoms with Crippen molar-refractivity contribution in [2.45, 2.75) is 11.9 Å². The molecule has 1 aromatic carbocycles. The number of pyridine rings is 1. The van der Waals surface area contributed by atoms with Crippen molar-refractivity contribution in [3.63, 3.8) is 0 Å². The van der Waals surface area contributed by atoms with Crippen molar-refractivity contribution in [2.75, 3.05) is 4.72 Å². The smallest absolute Gasteiger partial charge is 0.282 e. The minimum absolute atomic E-state index is 0.0180. The zero-order chi connectivity index (χ0) is 14.0. The quantitative estimate of drug-likeness (QED) is 0.844. The first kappa shape index (κ1) is 13.3. The molecule has 0 bridgehead atoms. The normalized spacial score (nSPS) is 11.3. The number of phenols is 1. The maximum Gasteiger partial charge on any atom is 0.282 e. The topological polar surface area (TPSA) is 79.3 Å². The summed E-state index contributed by atoms with van der Waals surface area (Å²) in [6.07, 6.45) is 1.20. The second-order valence-corrected chi connectivity index (χ2v) is 5.49. The van der Waals surface area contributed by atoms with E-state index in [0.717, 1.165) is 6.07 Å². The Bertz CT molecular complexity index is 717. The Morgan fingerprint density at radius 1 is 1.32 bits per heavy atom. The van der Waals surface area contributed by atoms with E-state index >= 15 is 0 Å². The molecule has 0 aliphatic rings. The highest BCUT2D eigenvalue weighted by molar-refractivity contribution is 7.92. The maximum absolute atomic E-state index is 13.4. The lowest BCUT2D eigenvalue weighted by atomic mass is 10.2. The van der Waals surface area contributed by atoms with Crippen LogP contribution in [0.5, 0.6) is 5.75 Å². The number of hydrogen-bond donors (Lipinski definition) is 2. The third kappa shape index (κ3) is 2.82. The number of aryl methyl sites for hydroxylation is 1. The van der Waals surface area contributed by atoms with Gasteiger partial charge in [-0.15, -0.1) is 0 Å². The van der Waals surface area contributed by atoms with E-state index in [1.54, 1.807) is 6.92 Å². The average molecular weight is 282 g/mol. The predicted octanol–water partition coefficient (Wildman–Crippen LogP) is 2.04. The van der Waals surface area contributed by atoms with Gasteiger partial charge < -0.3 is 5.11 Å². The van der Waals surface area contributed by atoms with Crippen molar-refractivity contribution < 1.29 is 17.9 Å². The van der Waals surface area contributed by atoms with E-state index in [0.29, 0.717) is 5.56 Å². The summed E-state index contributed by atoms with van der Waals surface area (Å²) in [5, 5.41) is 8.58. The monoisotopic (exact) mass is 282 g/mol. The van der Waals surface area contributed by atoms with E-state index in [4.69, 9.17) is 0 Å². The summed E-state index contributed by atoms with van der Waals surface area (Å²) in [7, 11) is -4.10. The van der Waals surface area contributed by atoms with Gasteiger partial charge >= 0.3 is 0 Å². The number of sulfonamides is 1. The summed E-state index contributed by atoms with van der Waals surface area (Å²) >= 11 is 0. The SMILES string of the molecule is Cc1cc(O)ccc1NS(=O)(=O)c1ncccc1F. The van der Waals surface area contributed by atoms with Crippen molar-refractivity contribution >= 4 is 15.7 Å². The number of halogens is 1. The fourth-order valence-electron chi connectivity index (χ4n) is 1.52. The highest BCUT2D eigenvalue weighted by Gasteiger charge is 2.21. The molecule has 1 aromatic heterocycles. The molecule has 2 N–H and O–H groups in total. The molecule has 5 nitrogen and oxygen atoms in total. The lowest BCUT2D eigenvalue weighted by Crippen LogP contribution is -2.16. The number of rotatable bonds is 3. The first-order valence-electron chi connectivity index (χ1n) is 5.33. The van der Waals surface area contributed by atoms with Crippen LogP contribution < -0.4 is 4.72 Å². The minimum atomic E-state index is -4.10. The van der Waals surface area contributed by atoms with E-state index in [1.165, 1.54) is 30.5 Å². The molecular weight excluding hydrogens is 271 g/mol. The Morgan fingerprint density at radius 3 is 2.68 bits per heavy atom. The van der Waals surface area contributed by atoms with Crippen molar-refractivity contribution in [1.29, 1.82) is 0 Å². The van der Waals surface area contributed by atoms with Crippen LogP contribution in [0.3, 0.4) is 0 Å². The molecule has 2 aromatic rings. The molecule has 0 saturated heterocycles. The molecule has 1 heterocycles. The van der Waals surface area contributed by atoms with Crippen LogP contribution in [0.25, 0.3) is 0 Å². The summed E-state index contributed by atoms with van der Waals surface area (Å²) in [6.45, 7) is 1.62. The van der Waals surface area contributed by atoms with Gasteiger partial charge in [0.25, 0.3) is 10.0 Å². The zero-order valence-electron chi connectivity index (χ0n) is 9.96. The number of anilines is 1. The first-order chi connectivity index (χ1) is 8.90. The third-order valence-corrected chi connectivity index (χ3v) is 3.73. The Morgan fingerprint density at radius 2 is 2.05 bits per heavy atom. The van der Waals surface area contributed by atoms with Crippen molar-refractivity contribution in [3.8, 4) is 5.75 Å². The van der Waals surface area contributed by atoms with Gasteiger partial charge in [0.05, 0.1) is 5.69 Å². The number of aromatic nitrogens is 1. The second-order valence-electron chi connectivity index (χ2n) is 3.90. The molecule has 19 heavy (non-hydrogen) atoms. The van der Waals surface area contributed by atoms with Crippen molar-refractivity contribution in [3.05, 3.63) is 47.9 Å². The molecule has 0 aliphatic heterocycles. The second kappa shape index (κ2) is 4.85. The summed E-state index contributed by atoms with van der Waals surface area (Å²) in [5.41, 5.74) is 0.766. The Hall–Kier alpha value is -2.15. The van der Waals surface area contributed by atoms with Gasteiger partial charge in [-0.05, 0) is 42.8 Å². The molecule has 2 rings (SSSR count). The molecular formula is C12H11FN2O3S. The van der Waals surface area contributed by atoms with Gasteiger partial charge in [0.15, 0.2) is 5.82 Å². The lowest BCUT2D eigenvalue weighted by molar-refractivity contribution is 0.475. The number of aromatic hydroxyl groups is 1. The van der Waals surface area contributed by atoms with E-state index in [1.807, 2.05) is 0 Å². The molecule has 0 spiro atoms. The summed E-state index contributed by atoms with van der Waals surface area (Å²) < 4.78 is 39.6. The van der Waals surface area contributed by atoms with Gasteiger partial charge in [-0.3, -0.25) is 4.72 Å². The fraction of sp³-hybridized carbons (Fsp3) is 0.0833. The highest BCUT2D eigenvalue weighted by atomic mass is 32.2. The molecule has 7 heteroatoms. The number of hydrogen-bond acceptors (Lipinski definition) is 4. The third-order valence-electron chi connectivity index (χ3n) is 2.43. The van der Waals surface area contributed by atoms with E-state index < -0.39 is 20.9 Å². The number of benzene rings is 1. The first-order valence-corrected chi connectivity index (χ1v) is 6.81. The van der Waals surface area contributed by atoms with Crippen LogP contribution >= 0.6 is 0 Å². The van der Waals surface area contributed by atoms with Crippen LogP contribution in [-0.2, 0) is 10.0 Å².